The van der Waals surface area contributed by atoms with Crippen LogP contribution in [0.25, 0.3) is 0 Å². The molecule has 0 unspecified atom stereocenters. The van der Waals surface area contributed by atoms with Crippen LogP contribution in [0.15, 0.2) is 12.1 Å². The van der Waals surface area contributed by atoms with Crippen molar-refractivity contribution in [2.45, 2.75) is 6.42 Å². The molecule has 1 aromatic carbocycles. The molecule has 0 amide bonds. The highest BCUT2D eigenvalue weighted by atomic mass is 127. The summed E-state index contributed by atoms with van der Waals surface area (Å²) in [6.07, 6.45) is 0.388. The summed E-state index contributed by atoms with van der Waals surface area (Å²) in [5, 5.41) is 8.61. The molecule has 0 saturated carbocycles. The summed E-state index contributed by atoms with van der Waals surface area (Å²) in [6, 6.07) is 5.81. The fraction of sp³-hybridized carbons (Fsp3) is 0.300. The fourth-order valence-corrected chi connectivity index (χ4v) is 2.01. The number of hydrogen-bond donors (Lipinski definition) is 0. The van der Waals surface area contributed by atoms with E-state index < -0.39 is 0 Å². The second-order valence-corrected chi connectivity index (χ2v) is 3.69. The number of halogens is 1. The lowest BCUT2D eigenvalue weighted by atomic mass is 10.1. The molecule has 3 nitrogen and oxygen atoms in total. The zero-order valence-corrected chi connectivity index (χ0v) is 10.2. The molecule has 1 rings (SSSR count). The highest BCUT2D eigenvalue weighted by Crippen LogP contribution is 2.34. The lowest BCUT2D eigenvalue weighted by Crippen LogP contribution is -1.96. The van der Waals surface area contributed by atoms with Crippen molar-refractivity contribution in [2.24, 2.45) is 0 Å². The van der Waals surface area contributed by atoms with Crippen LogP contribution in [0.4, 0.5) is 0 Å². The van der Waals surface area contributed by atoms with Gasteiger partial charge in [0.1, 0.15) is 0 Å². The SMILES string of the molecule is COc1ccc(CC#N)c(I)c1OC. The van der Waals surface area contributed by atoms with Crippen molar-refractivity contribution in [3.63, 3.8) is 0 Å². The lowest BCUT2D eigenvalue weighted by Gasteiger charge is -2.11. The van der Waals surface area contributed by atoms with Crippen molar-refractivity contribution in [1.82, 2.24) is 0 Å². The van der Waals surface area contributed by atoms with E-state index in [9.17, 15) is 0 Å². The molecule has 74 valence electrons. The van der Waals surface area contributed by atoms with Crippen LogP contribution in [0.3, 0.4) is 0 Å². The Balaban J connectivity index is 3.21. The van der Waals surface area contributed by atoms with Gasteiger partial charge in [-0.05, 0) is 34.2 Å². The van der Waals surface area contributed by atoms with Crippen molar-refractivity contribution in [3.05, 3.63) is 21.3 Å². The summed E-state index contributed by atoms with van der Waals surface area (Å²) in [4.78, 5) is 0. The maximum atomic E-state index is 8.61. The average Bonchev–Trinajstić information content (AvgIpc) is 2.21. The molecule has 14 heavy (non-hydrogen) atoms. The van der Waals surface area contributed by atoms with Crippen molar-refractivity contribution < 1.29 is 9.47 Å². The molecule has 0 spiro atoms. The van der Waals surface area contributed by atoms with Crippen LogP contribution in [0.2, 0.25) is 0 Å². The summed E-state index contributed by atoms with van der Waals surface area (Å²) in [6.45, 7) is 0. The molecule has 0 N–H and O–H groups in total. The van der Waals surface area contributed by atoms with E-state index in [2.05, 4.69) is 28.7 Å². The quantitative estimate of drug-likeness (QED) is 0.805. The minimum absolute atomic E-state index is 0.388. The Bertz CT molecular complexity index is 371. The highest BCUT2D eigenvalue weighted by Gasteiger charge is 2.11. The number of nitrogens with zero attached hydrogens (tertiary/aromatic N) is 1. The van der Waals surface area contributed by atoms with Gasteiger partial charge in [-0.15, -0.1) is 0 Å². The van der Waals surface area contributed by atoms with E-state index in [1.807, 2.05) is 12.1 Å². The second kappa shape index (κ2) is 5.05. The van der Waals surface area contributed by atoms with Gasteiger partial charge in [-0.3, -0.25) is 0 Å². The van der Waals surface area contributed by atoms with Crippen LogP contribution >= 0.6 is 22.6 Å². The summed E-state index contributed by atoms with van der Waals surface area (Å²) >= 11 is 2.16. The third-order valence-electron chi connectivity index (χ3n) is 1.83. The lowest BCUT2D eigenvalue weighted by molar-refractivity contribution is 0.352. The molecule has 0 aromatic heterocycles. The first-order valence-electron chi connectivity index (χ1n) is 4.01. The summed E-state index contributed by atoms with van der Waals surface area (Å²) in [5.41, 5.74) is 0.964. The Kier molecular flexibility index (Phi) is 4.01. The molecular formula is C10H10INO2. The van der Waals surface area contributed by atoms with Crippen LogP contribution in [0.5, 0.6) is 11.5 Å². The molecule has 4 heteroatoms. The monoisotopic (exact) mass is 303 g/mol. The number of ether oxygens (including phenoxy) is 2. The van der Waals surface area contributed by atoms with Crippen LogP contribution in [-0.4, -0.2) is 14.2 Å². The molecule has 0 saturated heterocycles. The number of nitriles is 1. The van der Waals surface area contributed by atoms with Gasteiger partial charge in [0.2, 0.25) is 0 Å². The predicted molar refractivity (Wildman–Crippen MR) is 61.6 cm³/mol. The maximum Gasteiger partial charge on any atom is 0.174 e. The normalized spacial score (nSPS) is 9.29. The van der Waals surface area contributed by atoms with E-state index in [4.69, 9.17) is 14.7 Å². The van der Waals surface area contributed by atoms with Crippen LogP contribution in [-0.2, 0) is 6.42 Å². The van der Waals surface area contributed by atoms with Crippen molar-refractivity contribution in [2.75, 3.05) is 14.2 Å². The average molecular weight is 303 g/mol. The Labute approximate surface area is 96.8 Å². The number of methoxy groups -OCH3 is 2. The Morgan fingerprint density at radius 2 is 2.07 bits per heavy atom. The molecular weight excluding hydrogens is 293 g/mol. The van der Waals surface area contributed by atoms with Crippen molar-refractivity contribution in [1.29, 1.82) is 5.26 Å². The standard InChI is InChI=1S/C10H10INO2/c1-13-8-4-3-7(5-6-12)9(11)10(8)14-2/h3-4H,5H2,1-2H3. The molecule has 0 radical (unpaired) electrons. The first-order valence-corrected chi connectivity index (χ1v) is 5.08. The molecule has 0 heterocycles. The highest BCUT2D eigenvalue weighted by molar-refractivity contribution is 14.1. The van der Waals surface area contributed by atoms with Gasteiger partial charge in [-0.1, -0.05) is 6.07 Å². The molecule has 0 aliphatic carbocycles. The molecule has 0 bridgehead atoms. The number of hydrogen-bond acceptors (Lipinski definition) is 3. The maximum absolute atomic E-state index is 8.61. The minimum atomic E-state index is 0.388. The fourth-order valence-electron chi connectivity index (χ4n) is 1.15. The number of benzene rings is 1. The van der Waals surface area contributed by atoms with E-state index in [0.717, 1.165) is 9.13 Å². The van der Waals surface area contributed by atoms with Gasteiger partial charge in [0.25, 0.3) is 0 Å². The van der Waals surface area contributed by atoms with E-state index in [1.54, 1.807) is 14.2 Å². The molecule has 1 aromatic rings. The van der Waals surface area contributed by atoms with Gasteiger partial charge in [-0.25, -0.2) is 0 Å². The molecule has 0 atom stereocenters. The van der Waals surface area contributed by atoms with Crippen LogP contribution in [0, 0.1) is 14.9 Å². The second-order valence-electron chi connectivity index (χ2n) is 2.61. The van der Waals surface area contributed by atoms with E-state index in [-0.39, 0.29) is 0 Å². The van der Waals surface area contributed by atoms with E-state index in [0.29, 0.717) is 17.9 Å². The third kappa shape index (κ3) is 2.10. The van der Waals surface area contributed by atoms with Crippen LogP contribution in [0.1, 0.15) is 5.56 Å². The summed E-state index contributed by atoms with van der Waals surface area (Å²) < 4.78 is 11.3. The predicted octanol–water partition coefficient (Wildman–Crippen LogP) is 2.37. The molecule has 0 aliphatic rings. The van der Waals surface area contributed by atoms with Crippen LogP contribution < -0.4 is 9.47 Å². The molecule has 0 fully saturated rings. The van der Waals surface area contributed by atoms with Crippen molar-refractivity contribution >= 4 is 22.6 Å². The van der Waals surface area contributed by atoms with E-state index in [1.165, 1.54) is 0 Å². The topological polar surface area (TPSA) is 42.2 Å². The first-order chi connectivity index (χ1) is 6.74. The summed E-state index contributed by atoms with van der Waals surface area (Å²) in [5.74, 6) is 1.39. The van der Waals surface area contributed by atoms with Gasteiger partial charge in [-0.2, -0.15) is 5.26 Å². The zero-order valence-electron chi connectivity index (χ0n) is 8.00. The third-order valence-corrected chi connectivity index (χ3v) is 3.02. The Morgan fingerprint density at radius 1 is 1.36 bits per heavy atom. The van der Waals surface area contributed by atoms with Gasteiger partial charge in [0.15, 0.2) is 11.5 Å². The largest absolute Gasteiger partial charge is 0.493 e. The van der Waals surface area contributed by atoms with Gasteiger partial charge < -0.3 is 9.47 Å². The number of rotatable bonds is 3. The van der Waals surface area contributed by atoms with E-state index >= 15 is 0 Å². The first kappa shape index (κ1) is 11.1. The Morgan fingerprint density at radius 3 is 2.57 bits per heavy atom. The van der Waals surface area contributed by atoms with Crippen molar-refractivity contribution in [3.8, 4) is 17.6 Å². The smallest absolute Gasteiger partial charge is 0.174 e. The van der Waals surface area contributed by atoms with Gasteiger partial charge >= 0.3 is 0 Å². The zero-order chi connectivity index (χ0) is 10.6. The molecule has 0 aliphatic heterocycles. The summed E-state index contributed by atoms with van der Waals surface area (Å²) in [7, 11) is 3.19. The Hall–Kier alpha value is -0.960. The van der Waals surface area contributed by atoms with Gasteiger partial charge in [0.05, 0.1) is 30.3 Å². The van der Waals surface area contributed by atoms with Gasteiger partial charge in [0, 0.05) is 0 Å². The minimum Gasteiger partial charge on any atom is -0.493 e.